The summed E-state index contributed by atoms with van der Waals surface area (Å²) in [5.41, 5.74) is 2.14. The van der Waals surface area contributed by atoms with Gasteiger partial charge in [-0.3, -0.25) is 4.79 Å². The number of benzene rings is 2. The number of rotatable bonds is 6. The summed E-state index contributed by atoms with van der Waals surface area (Å²) in [6.07, 6.45) is -0.940. The third-order valence-electron chi connectivity index (χ3n) is 4.40. The lowest BCUT2D eigenvalue weighted by atomic mass is 9.97. The molecular formula is C20H23N3O3. The zero-order valence-corrected chi connectivity index (χ0v) is 15.1. The first-order chi connectivity index (χ1) is 12.5. The van der Waals surface area contributed by atoms with Gasteiger partial charge in [0.05, 0.1) is 24.2 Å². The van der Waals surface area contributed by atoms with E-state index in [2.05, 4.69) is 15.3 Å². The first-order valence-electron chi connectivity index (χ1n) is 8.57. The van der Waals surface area contributed by atoms with Crippen molar-refractivity contribution in [2.24, 2.45) is 5.92 Å². The number of hydrogen-bond acceptors (Lipinski definition) is 4. The van der Waals surface area contributed by atoms with Gasteiger partial charge in [0, 0.05) is 5.56 Å². The second kappa shape index (κ2) is 7.58. The summed E-state index contributed by atoms with van der Waals surface area (Å²) in [5.74, 6) is 0.895. The van der Waals surface area contributed by atoms with Crippen LogP contribution in [0.2, 0.25) is 0 Å². The Hall–Kier alpha value is -2.86. The average Bonchev–Trinajstić information content (AvgIpc) is 3.09. The molecular weight excluding hydrogens is 330 g/mol. The van der Waals surface area contributed by atoms with E-state index in [-0.39, 0.29) is 11.8 Å². The van der Waals surface area contributed by atoms with Gasteiger partial charge in [-0.2, -0.15) is 0 Å². The predicted molar refractivity (Wildman–Crippen MR) is 100 cm³/mol. The van der Waals surface area contributed by atoms with E-state index in [4.69, 9.17) is 4.74 Å². The van der Waals surface area contributed by atoms with Gasteiger partial charge in [0.1, 0.15) is 17.7 Å². The van der Waals surface area contributed by atoms with Gasteiger partial charge >= 0.3 is 0 Å². The van der Waals surface area contributed by atoms with Gasteiger partial charge in [-0.25, -0.2) is 4.98 Å². The fourth-order valence-electron chi connectivity index (χ4n) is 2.87. The van der Waals surface area contributed by atoms with Crippen LogP contribution in [0.1, 0.15) is 36.1 Å². The number of methoxy groups -OCH3 is 1. The van der Waals surface area contributed by atoms with Crippen molar-refractivity contribution < 1.29 is 14.6 Å². The summed E-state index contributed by atoms with van der Waals surface area (Å²) in [4.78, 5) is 20.1. The van der Waals surface area contributed by atoms with Gasteiger partial charge in [-0.05, 0) is 42.3 Å². The second-order valence-electron chi connectivity index (χ2n) is 6.56. The fourth-order valence-corrected chi connectivity index (χ4v) is 2.87. The first kappa shape index (κ1) is 17.9. The van der Waals surface area contributed by atoms with E-state index in [1.54, 1.807) is 31.4 Å². The van der Waals surface area contributed by atoms with Crippen LogP contribution in [0.25, 0.3) is 11.0 Å². The van der Waals surface area contributed by atoms with E-state index in [1.807, 2.05) is 38.1 Å². The highest BCUT2D eigenvalue weighted by Gasteiger charge is 2.28. The molecule has 1 aromatic heterocycles. The molecule has 2 atom stereocenters. The lowest BCUT2D eigenvalue weighted by Gasteiger charge is -2.26. The van der Waals surface area contributed by atoms with E-state index >= 15 is 0 Å². The maximum Gasteiger partial charge on any atom is 0.251 e. The topological polar surface area (TPSA) is 87.2 Å². The molecule has 0 radical (unpaired) electrons. The fraction of sp³-hybridized carbons (Fsp3) is 0.300. The molecule has 1 unspecified atom stereocenters. The van der Waals surface area contributed by atoms with E-state index in [0.29, 0.717) is 17.1 Å². The van der Waals surface area contributed by atoms with Gasteiger partial charge in [-0.15, -0.1) is 0 Å². The lowest BCUT2D eigenvalue weighted by Crippen LogP contribution is -2.43. The predicted octanol–water partition coefficient (Wildman–Crippen LogP) is 3.06. The molecule has 0 fully saturated rings. The number of nitrogens with zero attached hydrogens (tertiary/aromatic N) is 1. The Balaban J connectivity index is 1.80. The zero-order valence-electron chi connectivity index (χ0n) is 15.1. The van der Waals surface area contributed by atoms with Crippen LogP contribution in [0.4, 0.5) is 0 Å². The highest BCUT2D eigenvalue weighted by molar-refractivity contribution is 5.94. The SMILES string of the molecule is COc1ccc(C(=O)N[C@@H](C(C)C)C(O)c2nc3ccccc3[nH]2)cc1. The molecule has 6 heteroatoms. The van der Waals surface area contributed by atoms with E-state index < -0.39 is 12.1 Å². The number of hydrogen-bond donors (Lipinski definition) is 3. The summed E-state index contributed by atoms with van der Waals surface area (Å²) in [6.45, 7) is 3.90. The first-order valence-corrected chi connectivity index (χ1v) is 8.57. The number of aliphatic hydroxyl groups excluding tert-OH is 1. The van der Waals surface area contributed by atoms with Crippen LogP contribution >= 0.6 is 0 Å². The zero-order chi connectivity index (χ0) is 18.7. The molecule has 136 valence electrons. The monoisotopic (exact) mass is 353 g/mol. The van der Waals surface area contributed by atoms with Crippen molar-refractivity contribution >= 4 is 16.9 Å². The third kappa shape index (κ3) is 3.70. The van der Waals surface area contributed by atoms with Crippen molar-refractivity contribution in [1.82, 2.24) is 15.3 Å². The molecule has 26 heavy (non-hydrogen) atoms. The summed E-state index contributed by atoms with van der Waals surface area (Å²) in [6, 6.07) is 13.9. The van der Waals surface area contributed by atoms with Crippen molar-refractivity contribution in [3.05, 3.63) is 59.9 Å². The summed E-state index contributed by atoms with van der Waals surface area (Å²) in [5, 5.41) is 13.7. The maximum atomic E-state index is 12.6. The Kier molecular flexibility index (Phi) is 5.23. The molecule has 3 N–H and O–H groups in total. The van der Waals surface area contributed by atoms with Crippen LogP contribution in [-0.2, 0) is 0 Å². The number of carbonyl (C=O) groups is 1. The van der Waals surface area contributed by atoms with Crippen molar-refractivity contribution in [2.75, 3.05) is 7.11 Å². The normalized spacial score (nSPS) is 13.6. The number of imidazole rings is 1. The van der Waals surface area contributed by atoms with Crippen molar-refractivity contribution in [2.45, 2.75) is 26.0 Å². The minimum absolute atomic E-state index is 0.0143. The average molecular weight is 353 g/mol. The standard InChI is InChI=1S/C20H23N3O3/c1-12(2)17(23-20(25)13-8-10-14(26-3)11-9-13)18(24)19-21-15-6-4-5-7-16(15)22-19/h4-12,17-18,24H,1-3H3,(H,21,22)(H,23,25)/t17-,18?/m0/s1. The molecule has 0 saturated carbocycles. The number of nitrogens with one attached hydrogen (secondary N) is 2. The minimum atomic E-state index is -0.940. The molecule has 0 bridgehead atoms. The number of amides is 1. The Labute approximate surface area is 152 Å². The number of aromatic nitrogens is 2. The lowest BCUT2D eigenvalue weighted by molar-refractivity contribution is 0.0736. The van der Waals surface area contributed by atoms with Crippen LogP contribution in [-0.4, -0.2) is 34.1 Å². The number of carbonyl (C=O) groups excluding carboxylic acids is 1. The van der Waals surface area contributed by atoms with Gasteiger partial charge in [-0.1, -0.05) is 26.0 Å². The van der Waals surface area contributed by atoms with Crippen LogP contribution in [0.15, 0.2) is 48.5 Å². The van der Waals surface area contributed by atoms with Gasteiger partial charge in [0.25, 0.3) is 5.91 Å². The molecule has 0 aliphatic rings. The molecule has 6 nitrogen and oxygen atoms in total. The molecule has 3 rings (SSSR count). The molecule has 0 aliphatic carbocycles. The molecule has 2 aromatic carbocycles. The summed E-state index contributed by atoms with van der Waals surface area (Å²) in [7, 11) is 1.58. The van der Waals surface area contributed by atoms with Crippen molar-refractivity contribution in [1.29, 1.82) is 0 Å². The minimum Gasteiger partial charge on any atom is -0.497 e. The van der Waals surface area contributed by atoms with Crippen LogP contribution in [0.5, 0.6) is 5.75 Å². The number of H-pyrrole nitrogens is 1. The highest BCUT2D eigenvalue weighted by atomic mass is 16.5. The van der Waals surface area contributed by atoms with E-state index in [9.17, 15) is 9.90 Å². The number of para-hydroxylation sites is 2. The smallest absolute Gasteiger partial charge is 0.251 e. The molecule has 3 aromatic rings. The molecule has 1 amide bonds. The summed E-state index contributed by atoms with van der Waals surface area (Å²) >= 11 is 0. The largest absolute Gasteiger partial charge is 0.497 e. The molecule has 0 aliphatic heterocycles. The third-order valence-corrected chi connectivity index (χ3v) is 4.40. The van der Waals surface area contributed by atoms with Gasteiger partial charge < -0.3 is 20.1 Å². The highest BCUT2D eigenvalue weighted by Crippen LogP contribution is 2.23. The van der Waals surface area contributed by atoms with E-state index in [1.165, 1.54) is 0 Å². The second-order valence-corrected chi connectivity index (χ2v) is 6.56. The number of aromatic amines is 1. The molecule has 0 spiro atoms. The maximum absolute atomic E-state index is 12.6. The van der Waals surface area contributed by atoms with E-state index in [0.717, 1.165) is 11.0 Å². The Morgan fingerprint density at radius 2 is 1.85 bits per heavy atom. The van der Waals surface area contributed by atoms with Crippen molar-refractivity contribution in [3.8, 4) is 5.75 Å². The Bertz CT molecular complexity index is 854. The number of aliphatic hydroxyl groups is 1. The van der Waals surface area contributed by atoms with Crippen LogP contribution in [0, 0.1) is 5.92 Å². The number of fused-ring (bicyclic) bond motifs is 1. The number of ether oxygens (including phenoxy) is 1. The van der Waals surface area contributed by atoms with Crippen molar-refractivity contribution in [3.63, 3.8) is 0 Å². The summed E-state index contributed by atoms with van der Waals surface area (Å²) < 4.78 is 5.11. The van der Waals surface area contributed by atoms with Crippen LogP contribution in [0.3, 0.4) is 0 Å². The Morgan fingerprint density at radius 3 is 2.46 bits per heavy atom. The van der Waals surface area contributed by atoms with Gasteiger partial charge in [0.2, 0.25) is 0 Å². The molecule has 0 saturated heterocycles. The Morgan fingerprint density at radius 1 is 1.15 bits per heavy atom. The quantitative estimate of drug-likeness (QED) is 0.636. The van der Waals surface area contributed by atoms with Crippen LogP contribution < -0.4 is 10.1 Å². The van der Waals surface area contributed by atoms with Gasteiger partial charge in [0.15, 0.2) is 0 Å². The molecule has 1 heterocycles.